The van der Waals surface area contributed by atoms with E-state index in [0.29, 0.717) is 26.1 Å². The molecule has 0 saturated carbocycles. The van der Waals surface area contributed by atoms with E-state index >= 15 is 0 Å². The Bertz CT molecular complexity index is 1290. The summed E-state index contributed by atoms with van der Waals surface area (Å²) in [4.78, 5) is 46.9. The van der Waals surface area contributed by atoms with Gasteiger partial charge in [-0.1, -0.05) is 24.3 Å². The molecule has 0 bridgehead atoms. The molecule has 9 nitrogen and oxygen atoms in total. The summed E-state index contributed by atoms with van der Waals surface area (Å²) < 4.78 is 76.5. The van der Waals surface area contributed by atoms with Crippen LogP contribution in [0.25, 0.3) is 0 Å². The number of hydrogen-bond acceptors (Lipinski definition) is 6. The van der Waals surface area contributed by atoms with Crippen molar-refractivity contribution in [1.82, 2.24) is 15.1 Å². The molecule has 2 heterocycles. The fourth-order valence-corrected chi connectivity index (χ4v) is 4.38. The Balaban J connectivity index is 0.000000421. The van der Waals surface area contributed by atoms with Crippen LogP contribution in [0.2, 0.25) is 0 Å². The number of rotatable bonds is 7. The van der Waals surface area contributed by atoms with Gasteiger partial charge >= 0.3 is 24.3 Å². The van der Waals surface area contributed by atoms with E-state index in [1.807, 2.05) is 11.0 Å². The molecule has 0 aromatic heterocycles. The van der Waals surface area contributed by atoms with Crippen LogP contribution in [0.15, 0.2) is 42.5 Å². The monoisotopic (exact) mass is 651 g/mol. The molecule has 0 atom stereocenters. The number of carboxylic acid groups (broad SMARTS) is 2. The number of hydrogen-bond donors (Lipinski definition) is 3. The van der Waals surface area contributed by atoms with Gasteiger partial charge in [0.15, 0.2) is 5.78 Å². The number of carbonyl (C=O) groups is 4. The maximum Gasteiger partial charge on any atom is 0.490 e. The van der Waals surface area contributed by atoms with Gasteiger partial charge in [0.25, 0.3) is 0 Å². The first-order chi connectivity index (χ1) is 21.0. The van der Waals surface area contributed by atoms with Crippen LogP contribution in [0.3, 0.4) is 0 Å². The quantitative estimate of drug-likeness (QED) is 0.302. The number of aliphatic carboxylic acids is 2. The van der Waals surface area contributed by atoms with Gasteiger partial charge in [0.2, 0.25) is 5.91 Å². The van der Waals surface area contributed by atoms with Gasteiger partial charge in [-0.25, -0.2) is 14.0 Å². The Morgan fingerprint density at radius 2 is 1.38 bits per heavy atom. The highest BCUT2D eigenvalue weighted by Gasteiger charge is 2.38. The Hall–Kier alpha value is -4.05. The number of fused-ring (bicyclic) bond motifs is 1. The number of ketones is 1. The number of nitrogens with zero attached hydrogens (tertiary/aromatic N) is 2. The molecule has 0 spiro atoms. The number of piperazine rings is 1. The minimum absolute atomic E-state index is 0.0845. The third-order valence-corrected chi connectivity index (χ3v) is 6.72. The van der Waals surface area contributed by atoms with Crippen molar-refractivity contribution >= 4 is 23.6 Å². The second-order valence-electron chi connectivity index (χ2n) is 10.1. The van der Waals surface area contributed by atoms with Crippen molar-refractivity contribution in [3.8, 4) is 0 Å². The third-order valence-electron chi connectivity index (χ3n) is 6.72. The van der Waals surface area contributed by atoms with Crippen LogP contribution in [0.5, 0.6) is 0 Å². The van der Waals surface area contributed by atoms with E-state index in [-0.39, 0.29) is 17.5 Å². The zero-order valence-corrected chi connectivity index (χ0v) is 23.9. The fraction of sp³-hybridized carbons (Fsp3) is 0.448. The number of carbonyl (C=O) groups excluding carboxylic acids is 2. The van der Waals surface area contributed by atoms with Crippen LogP contribution >= 0.6 is 0 Å². The number of benzene rings is 2. The summed E-state index contributed by atoms with van der Waals surface area (Å²) in [5.41, 5.74) is 4.38. The molecule has 16 heteroatoms. The highest BCUT2D eigenvalue weighted by molar-refractivity contribution is 5.96. The molecule has 2 aliphatic rings. The van der Waals surface area contributed by atoms with E-state index in [0.717, 1.165) is 56.6 Å². The number of Topliss-reactive ketones (excluding diaryl/α,β-unsaturated/α-hetero) is 1. The minimum atomic E-state index is -5.08. The first-order valence-corrected chi connectivity index (χ1v) is 13.7. The zero-order valence-electron chi connectivity index (χ0n) is 23.9. The Morgan fingerprint density at radius 1 is 0.822 bits per heavy atom. The Kier molecular flexibility index (Phi) is 13.9. The van der Waals surface area contributed by atoms with Crippen molar-refractivity contribution in [3.63, 3.8) is 0 Å². The summed E-state index contributed by atoms with van der Waals surface area (Å²) >= 11 is 0. The molecule has 2 aromatic rings. The number of amides is 1. The molecule has 1 amide bonds. The smallest absolute Gasteiger partial charge is 0.475 e. The molecule has 248 valence electrons. The maximum atomic E-state index is 13.1. The number of nitrogens with one attached hydrogen (secondary N) is 1. The van der Waals surface area contributed by atoms with Crippen molar-refractivity contribution in [1.29, 1.82) is 0 Å². The molecule has 3 N–H and O–H groups in total. The molecule has 0 unspecified atom stereocenters. The Morgan fingerprint density at radius 3 is 1.91 bits per heavy atom. The van der Waals surface area contributed by atoms with Gasteiger partial charge in [-0.15, -0.1) is 0 Å². The standard InChI is InChI=1S/C25H30FN3O2.2C2HF3O2/c26-23-7-3-19(4-8-23)17-29-15-14-28(18-25(29)31)13-1-2-24(30)22-6-5-20-9-11-27-12-10-21(20)16-22;2*3-2(4,5)1(6)7/h3-8,16,27H,1-2,9-15,17-18H2;2*(H,6,7). The van der Waals surface area contributed by atoms with Crippen LogP contribution in [-0.2, 0) is 33.8 Å². The van der Waals surface area contributed by atoms with Gasteiger partial charge in [-0.3, -0.25) is 14.5 Å². The van der Waals surface area contributed by atoms with Crippen molar-refractivity contribution < 1.29 is 60.1 Å². The highest BCUT2D eigenvalue weighted by atomic mass is 19.4. The largest absolute Gasteiger partial charge is 0.490 e. The van der Waals surface area contributed by atoms with E-state index in [9.17, 15) is 40.3 Å². The van der Waals surface area contributed by atoms with E-state index in [4.69, 9.17) is 19.8 Å². The summed E-state index contributed by atoms with van der Waals surface area (Å²) in [6.45, 7) is 5.05. The van der Waals surface area contributed by atoms with E-state index in [1.165, 1.54) is 23.3 Å². The molecule has 0 aliphatic carbocycles. The van der Waals surface area contributed by atoms with Crippen molar-refractivity contribution in [3.05, 3.63) is 70.5 Å². The molecular formula is C29H32F7N3O6. The van der Waals surface area contributed by atoms with Crippen LogP contribution in [-0.4, -0.2) is 95.3 Å². The van der Waals surface area contributed by atoms with Gasteiger partial charge in [0, 0.05) is 31.6 Å². The maximum absolute atomic E-state index is 13.1. The second-order valence-corrected chi connectivity index (χ2v) is 10.1. The molecule has 0 radical (unpaired) electrons. The third kappa shape index (κ3) is 13.2. The normalized spacial score (nSPS) is 15.4. The number of carboxylic acids is 2. The predicted molar refractivity (Wildman–Crippen MR) is 146 cm³/mol. The summed E-state index contributed by atoms with van der Waals surface area (Å²) in [7, 11) is 0. The molecule has 1 fully saturated rings. The lowest BCUT2D eigenvalue weighted by Gasteiger charge is -2.34. The van der Waals surface area contributed by atoms with Gasteiger partial charge in [0.05, 0.1) is 6.54 Å². The van der Waals surface area contributed by atoms with Crippen LogP contribution < -0.4 is 5.32 Å². The average Bonchev–Trinajstić information content (AvgIpc) is 3.20. The second kappa shape index (κ2) is 16.9. The van der Waals surface area contributed by atoms with E-state index in [2.05, 4.69) is 22.3 Å². The summed E-state index contributed by atoms with van der Waals surface area (Å²) in [6, 6.07) is 12.4. The van der Waals surface area contributed by atoms with Crippen LogP contribution in [0.4, 0.5) is 30.7 Å². The fourth-order valence-electron chi connectivity index (χ4n) is 4.38. The topological polar surface area (TPSA) is 127 Å². The lowest BCUT2D eigenvalue weighted by Crippen LogP contribution is -2.50. The molecule has 1 saturated heterocycles. The SMILES string of the molecule is O=C(CCCN1CCN(Cc2ccc(F)cc2)C(=O)C1)c1ccc2c(c1)CCNCC2.O=C(O)C(F)(F)F.O=C(O)C(F)(F)F. The first-order valence-electron chi connectivity index (χ1n) is 13.7. The van der Waals surface area contributed by atoms with Crippen LogP contribution in [0.1, 0.15) is 39.9 Å². The van der Waals surface area contributed by atoms with E-state index in [1.54, 1.807) is 12.1 Å². The lowest BCUT2D eigenvalue weighted by molar-refractivity contribution is -0.193. The summed E-state index contributed by atoms with van der Waals surface area (Å²) in [6.07, 6.45) is -6.92. The van der Waals surface area contributed by atoms with Gasteiger partial charge in [-0.2, -0.15) is 26.3 Å². The Labute approximate surface area is 253 Å². The number of alkyl halides is 6. The van der Waals surface area contributed by atoms with Gasteiger partial charge in [-0.05, 0) is 73.8 Å². The zero-order chi connectivity index (χ0) is 33.8. The average molecular weight is 652 g/mol. The van der Waals surface area contributed by atoms with Gasteiger partial charge in [0.1, 0.15) is 5.82 Å². The van der Waals surface area contributed by atoms with Crippen LogP contribution in [0, 0.1) is 5.82 Å². The van der Waals surface area contributed by atoms with Crippen molar-refractivity contribution in [2.75, 3.05) is 39.3 Å². The summed E-state index contributed by atoms with van der Waals surface area (Å²) in [5, 5.41) is 17.6. The molecule has 2 aliphatic heterocycles. The highest BCUT2D eigenvalue weighted by Crippen LogP contribution is 2.18. The van der Waals surface area contributed by atoms with Crippen molar-refractivity contribution in [2.45, 2.75) is 44.6 Å². The molecular weight excluding hydrogens is 619 g/mol. The van der Waals surface area contributed by atoms with Gasteiger partial charge < -0.3 is 20.4 Å². The predicted octanol–water partition coefficient (Wildman–Crippen LogP) is 4.09. The summed E-state index contributed by atoms with van der Waals surface area (Å²) in [5.74, 6) is -5.51. The molecule has 2 aromatic carbocycles. The molecule has 45 heavy (non-hydrogen) atoms. The van der Waals surface area contributed by atoms with Crippen molar-refractivity contribution in [2.24, 2.45) is 0 Å². The lowest BCUT2D eigenvalue weighted by atomic mass is 9.97. The number of halogens is 7. The first kappa shape index (κ1) is 37.1. The molecule has 4 rings (SSSR count). The van der Waals surface area contributed by atoms with E-state index < -0.39 is 24.3 Å². The minimum Gasteiger partial charge on any atom is -0.475 e.